The monoisotopic (exact) mass is 240 g/mol. The molecule has 1 aliphatic heterocycles. The first-order chi connectivity index (χ1) is 7.77. The van der Waals surface area contributed by atoms with Gasteiger partial charge in [-0.25, -0.2) is 0 Å². The topological polar surface area (TPSA) is 58.1 Å². The smallest absolute Gasteiger partial charge is 0.239 e. The van der Waals surface area contributed by atoms with Gasteiger partial charge in [0.2, 0.25) is 5.91 Å². The van der Waals surface area contributed by atoms with Crippen molar-refractivity contribution in [2.75, 3.05) is 13.1 Å². The summed E-state index contributed by atoms with van der Waals surface area (Å²) in [6.45, 7) is 4.32. The standard InChI is InChI=1S/C10H16N4OS/c1-8(10(15)14-4-2-3-5-14)11-6-9-7-16-13-12-9/h7-8,11H,2-6H2,1H3. The molecule has 0 bridgehead atoms. The van der Waals surface area contributed by atoms with Gasteiger partial charge in [0.1, 0.15) is 0 Å². The molecule has 1 fully saturated rings. The second-order valence-corrected chi connectivity index (χ2v) is 4.64. The van der Waals surface area contributed by atoms with Crippen molar-refractivity contribution in [1.29, 1.82) is 0 Å². The summed E-state index contributed by atoms with van der Waals surface area (Å²) in [5, 5.41) is 8.99. The summed E-state index contributed by atoms with van der Waals surface area (Å²) in [5.74, 6) is 0.195. The number of aromatic nitrogens is 2. The van der Waals surface area contributed by atoms with E-state index in [1.54, 1.807) is 0 Å². The molecule has 0 radical (unpaired) electrons. The van der Waals surface area contributed by atoms with Crippen LogP contribution in [0.1, 0.15) is 25.5 Å². The van der Waals surface area contributed by atoms with Crippen LogP contribution in [0.2, 0.25) is 0 Å². The van der Waals surface area contributed by atoms with E-state index in [0.29, 0.717) is 6.54 Å². The molecule has 2 rings (SSSR count). The van der Waals surface area contributed by atoms with Gasteiger partial charge < -0.3 is 10.2 Å². The number of hydrogen-bond acceptors (Lipinski definition) is 5. The highest BCUT2D eigenvalue weighted by Crippen LogP contribution is 2.09. The number of amides is 1. The van der Waals surface area contributed by atoms with E-state index in [2.05, 4.69) is 14.9 Å². The van der Waals surface area contributed by atoms with Crippen molar-refractivity contribution in [3.63, 3.8) is 0 Å². The lowest BCUT2D eigenvalue weighted by atomic mass is 10.3. The maximum atomic E-state index is 11.9. The second kappa shape index (κ2) is 5.36. The van der Waals surface area contributed by atoms with Gasteiger partial charge in [-0.15, -0.1) is 5.10 Å². The van der Waals surface area contributed by atoms with Gasteiger partial charge in [0.25, 0.3) is 0 Å². The van der Waals surface area contributed by atoms with Gasteiger partial charge in [-0.2, -0.15) is 0 Å². The molecule has 16 heavy (non-hydrogen) atoms. The Bertz CT molecular complexity index is 335. The highest BCUT2D eigenvalue weighted by Gasteiger charge is 2.22. The normalized spacial score (nSPS) is 17.7. The lowest BCUT2D eigenvalue weighted by Crippen LogP contribution is -2.43. The van der Waals surface area contributed by atoms with Crippen molar-refractivity contribution < 1.29 is 4.79 Å². The average Bonchev–Trinajstić information content (AvgIpc) is 2.96. The fourth-order valence-corrected chi connectivity index (χ4v) is 2.27. The molecule has 1 atom stereocenters. The van der Waals surface area contributed by atoms with Crippen LogP contribution in [0.25, 0.3) is 0 Å². The van der Waals surface area contributed by atoms with E-state index >= 15 is 0 Å². The molecule has 2 heterocycles. The summed E-state index contributed by atoms with van der Waals surface area (Å²) in [4.78, 5) is 13.9. The number of likely N-dealkylation sites (tertiary alicyclic amines) is 1. The molecule has 1 N–H and O–H groups in total. The lowest BCUT2D eigenvalue weighted by molar-refractivity contribution is -0.131. The summed E-state index contributed by atoms with van der Waals surface area (Å²) in [5.41, 5.74) is 0.895. The number of rotatable bonds is 4. The second-order valence-electron chi connectivity index (χ2n) is 4.03. The third-order valence-electron chi connectivity index (χ3n) is 2.78. The van der Waals surface area contributed by atoms with Crippen molar-refractivity contribution in [3.05, 3.63) is 11.1 Å². The Hall–Kier alpha value is -1.01. The fraction of sp³-hybridized carbons (Fsp3) is 0.700. The highest BCUT2D eigenvalue weighted by molar-refractivity contribution is 7.03. The third kappa shape index (κ3) is 2.76. The van der Waals surface area contributed by atoms with Crippen LogP contribution in [0.5, 0.6) is 0 Å². The molecule has 88 valence electrons. The molecule has 0 aliphatic carbocycles. The molecule has 0 saturated carbocycles. The number of hydrogen-bond donors (Lipinski definition) is 1. The number of carbonyl (C=O) groups excluding carboxylic acids is 1. The summed E-state index contributed by atoms with van der Waals surface area (Å²) < 4.78 is 3.78. The summed E-state index contributed by atoms with van der Waals surface area (Å²) >= 11 is 1.33. The van der Waals surface area contributed by atoms with Gasteiger partial charge in [0.05, 0.1) is 11.7 Å². The van der Waals surface area contributed by atoms with Crippen LogP contribution in [-0.2, 0) is 11.3 Å². The minimum atomic E-state index is -0.139. The highest BCUT2D eigenvalue weighted by atomic mass is 32.1. The molecule has 1 aromatic rings. The molecule has 0 aromatic carbocycles. The first kappa shape index (κ1) is 11.5. The predicted molar refractivity (Wildman–Crippen MR) is 62.0 cm³/mol. The van der Waals surface area contributed by atoms with Crippen molar-refractivity contribution in [2.24, 2.45) is 0 Å². The van der Waals surface area contributed by atoms with Crippen LogP contribution in [0.15, 0.2) is 5.38 Å². The summed E-state index contributed by atoms with van der Waals surface area (Å²) in [6.07, 6.45) is 2.27. The zero-order valence-corrected chi connectivity index (χ0v) is 10.2. The molecule has 6 heteroatoms. The van der Waals surface area contributed by atoms with Crippen LogP contribution in [-0.4, -0.2) is 39.5 Å². The van der Waals surface area contributed by atoms with Crippen LogP contribution in [0, 0.1) is 0 Å². The van der Waals surface area contributed by atoms with Crippen LogP contribution < -0.4 is 5.32 Å². The molecular formula is C10H16N4OS. The quantitative estimate of drug-likeness (QED) is 0.839. The van der Waals surface area contributed by atoms with E-state index in [-0.39, 0.29) is 11.9 Å². The van der Waals surface area contributed by atoms with Crippen molar-refractivity contribution in [3.8, 4) is 0 Å². The van der Waals surface area contributed by atoms with E-state index < -0.39 is 0 Å². The Labute approximate surface area is 99.0 Å². The fourth-order valence-electron chi connectivity index (χ4n) is 1.82. The number of nitrogens with zero attached hydrogens (tertiary/aromatic N) is 3. The Morgan fingerprint density at radius 2 is 2.38 bits per heavy atom. The van der Waals surface area contributed by atoms with Gasteiger partial charge in [-0.3, -0.25) is 4.79 Å². The maximum absolute atomic E-state index is 11.9. The lowest BCUT2D eigenvalue weighted by Gasteiger charge is -2.20. The minimum Gasteiger partial charge on any atom is -0.341 e. The van der Waals surface area contributed by atoms with Crippen molar-refractivity contribution in [2.45, 2.75) is 32.4 Å². The molecule has 0 spiro atoms. The van der Waals surface area contributed by atoms with Gasteiger partial charge in [-0.05, 0) is 31.3 Å². The Kier molecular flexibility index (Phi) is 3.84. The van der Waals surface area contributed by atoms with Crippen LogP contribution in [0.4, 0.5) is 0 Å². The van der Waals surface area contributed by atoms with E-state index in [9.17, 15) is 4.79 Å². The van der Waals surface area contributed by atoms with Gasteiger partial charge in [0, 0.05) is 25.0 Å². The van der Waals surface area contributed by atoms with Gasteiger partial charge >= 0.3 is 0 Å². The summed E-state index contributed by atoms with van der Waals surface area (Å²) in [6, 6.07) is -0.139. The first-order valence-corrected chi connectivity index (χ1v) is 6.39. The van der Waals surface area contributed by atoms with E-state index in [4.69, 9.17) is 0 Å². The Morgan fingerprint density at radius 3 is 3.00 bits per heavy atom. The van der Waals surface area contributed by atoms with Crippen LogP contribution in [0.3, 0.4) is 0 Å². The average molecular weight is 240 g/mol. The SMILES string of the molecule is CC(NCc1csnn1)C(=O)N1CCCC1. The first-order valence-electron chi connectivity index (χ1n) is 5.55. The molecule has 1 aliphatic rings. The largest absolute Gasteiger partial charge is 0.341 e. The van der Waals surface area contributed by atoms with Crippen molar-refractivity contribution in [1.82, 2.24) is 19.8 Å². The Balaban J connectivity index is 1.78. The molecule has 1 saturated heterocycles. The predicted octanol–water partition coefficient (Wildman–Crippen LogP) is 0.639. The molecule has 1 unspecified atom stereocenters. The third-order valence-corrected chi connectivity index (χ3v) is 3.34. The molecule has 1 amide bonds. The summed E-state index contributed by atoms with van der Waals surface area (Å²) in [7, 11) is 0. The van der Waals surface area contributed by atoms with E-state index in [1.165, 1.54) is 11.5 Å². The molecule has 5 nitrogen and oxygen atoms in total. The zero-order chi connectivity index (χ0) is 11.4. The molecule has 1 aromatic heterocycles. The van der Waals surface area contributed by atoms with Gasteiger partial charge in [-0.1, -0.05) is 4.49 Å². The maximum Gasteiger partial charge on any atom is 0.239 e. The molecular weight excluding hydrogens is 224 g/mol. The van der Waals surface area contributed by atoms with Crippen LogP contribution >= 0.6 is 11.5 Å². The van der Waals surface area contributed by atoms with Crippen molar-refractivity contribution >= 4 is 17.4 Å². The zero-order valence-electron chi connectivity index (χ0n) is 9.35. The minimum absolute atomic E-state index is 0.139. The number of carbonyl (C=O) groups is 1. The number of nitrogens with one attached hydrogen (secondary N) is 1. The van der Waals surface area contributed by atoms with Gasteiger partial charge in [0.15, 0.2) is 0 Å². The van der Waals surface area contributed by atoms with E-state index in [1.807, 2.05) is 17.2 Å². The Morgan fingerprint density at radius 1 is 1.62 bits per heavy atom. The van der Waals surface area contributed by atoms with E-state index in [0.717, 1.165) is 31.6 Å².